The largest absolute Gasteiger partial charge is 2.00 e. The molecule has 0 spiro atoms. The molecule has 0 unspecified atom stereocenters. The molecule has 5 aromatic carbocycles. The average molecular weight is 903 g/mol. The molecule has 0 radical (unpaired) electrons. The second-order valence-corrected chi connectivity index (χ2v) is 16.4. The fourth-order valence-electron chi connectivity index (χ4n) is 7.69. The Hall–Kier alpha value is -6.13. The van der Waals surface area contributed by atoms with Crippen LogP contribution >= 0.6 is 0 Å². The molecule has 9 rings (SSSR count). The molecule has 0 saturated heterocycles. The molecule has 0 amide bonds. The SMILES string of the molecule is [C-]#[N+]c1c(-c2ccccc2)cc2nc1-c1[c-]c(ccc1)-c1nc(cc(-c3ccccc3)c1C#N)-c1cc(C(C)(C)C)cc3c1[n-]c1c-2cc(C(C)(C)C)cc13.[Pt+2]. The van der Waals surface area contributed by atoms with Crippen LogP contribution in [-0.4, -0.2) is 9.97 Å². The number of hydrogen-bond donors (Lipinski definition) is 0. The summed E-state index contributed by atoms with van der Waals surface area (Å²) in [5, 5.41) is 12.9. The molecule has 272 valence electrons. The van der Waals surface area contributed by atoms with E-state index in [1.165, 1.54) is 0 Å². The normalized spacial score (nSPS) is 11.9. The van der Waals surface area contributed by atoms with Crippen LogP contribution in [0.25, 0.3) is 93.9 Å². The monoisotopic (exact) mass is 902 g/mol. The van der Waals surface area contributed by atoms with Crippen LogP contribution in [-0.2, 0) is 31.9 Å². The standard InChI is InChI=1S/C50H37N5.Pt/c1-49(2,3)33-22-37-38-23-34(50(4,5)6)25-40-43-27-36(30-17-12-9-13-18-30)48(52-7)45(54-43)32-20-14-19-31(21-32)44-41(28-51)35(29-15-10-8-11-16-29)26-42(53-44)39(24-33)46(37)55-47(38)40;/h8-20,22-27H,1-6H3;/q-2;+2. The molecule has 0 N–H and O–H groups in total. The van der Waals surface area contributed by atoms with E-state index in [0.29, 0.717) is 33.8 Å². The number of aromatic nitrogens is 3. The van der Waals surface area contributed by atoms with Crippen molar-refractivity contribution in [2.75, 3.05) is 0 Å². The van der Waals surface area contributed by atoms with Crippen LogP contribution in [0.15, 0.2) is 115 Å². The molecule has 4 heterocycles. The van der Waals surface area contributed by atoms with E-state index in [-0.39, 0.29) is 31.9 Å². The number of fused-ring (bicyclic) bond motifs is 11. The maximum absolute atomic E-state index is 10.9. The molecule has 8 aromatic rings. The first-order valence-corrected chi connectivity index (χ1v) is 18.5. The summed E-state index contributed by atoms with van der Waals surface area (Å²) >= 11 is 0. The summed E-state index contributed by atoms with van der Waals surface area (Å²) in [7, 11) is 0. The number of nitrogens with zero attached hydrogens (tertiary/aromatic N) is 5. The van der Waals surface area contributed by atoms with E-state index in [9.17, 15) is 5.26 Å². The van der Waals surface area contributed by atoms with E-state index in [0.717, 1.165) is 77.7 Å². The molecule has 6 heteroatoms. The van der Waals surface area contributed by atoms with Crippen LogP contribution in [0.5, 0.6) is 0 Å². The number of nitriles is 1. The number of hydrogen-bond acceptors (Lipinski definition) is 3. The summed E-state index contributed by atoms with van der Waals surface area (Å²) in [6, 6.07) is 45.1. The quantitative estimate of drug-likeness (QED) is 0.162. The van der Waals surface area contributed by atoms with Gasteiger partial charge in [-0.15, -0.1) is 40.9 Å². The van der Waals surface area contributed by atoms with E-state index >= 15 is 0 Å². The van der Waals surface area contributed by atoms with Crippen molar-refractivity contribution in [1.29, 1.82) is 5.26 Å². The summed E-state index contributed by atoms with van der Waals surface area (Å²) in [6.45, 7) is 21.9. The zero-order chi connectivity index (χ0) is 38.2. The van der Waals surface area contributed by atoms with Gasteiger partial charge in [-0.05, 0) is 78.2 Å². The zero-order valence-electron chi connectivity index (χ0n) is 32.0. The van der Waals surface area contributed by atoms with E-state index < -0.39 is 0 Å². The van der Waals surface area contributed by atoms with Gasteiger partial charge in [0.2, 0.25) is 0 Å². The summed E-state index contributed by atoms with van der Waals surface area (Å²) in [6.07, 6.45) is 0. The molecule has 56 heavy (non-hydrogen) atoms. The first-order valence-electron chi connectivity index (χ1n) is 18.5. The molecular formula is C50H37N5Pt. The van der Waals surface area contributed by atoms with Gasteiger partial charge in [0.15, 0.2) is 5.69 Å². The van der Waals surface area contributed by atoms with Gasteiger partial charge in [-0.3, -0.25) is 9.97 Å². The molecule has 0 aliphatic carbocycles. The van der Waals surface area contributed by atoms with Gasteiger partial charge >= 0.3 is 21.1 Å². The van der Waals surface area contributed by atoms with E-state index in [4.69, 9.17) is 21.5 Å². The Labute approximate surface area is 342 Å². The Morgan fingerprint density at radius 2 is 1.09 bits per heavy atom. The maximum Gasteiger partial charge on any atom is 2.00 e. The van der Waals surface area contributed by atoms with Crippen LogP contribution in [0.4, 0.5) is 5.69 Å². The van der Waals surface area contributed by atoms with Gasteiger partial charge in [-0.1, -0.05) is 132 Å². The van der Waals surface area contributed by atoms with Crippen molar-refractivity contribution >= 4 is 27.5 Å². The maximum atomic E-state index is 10.9. The molecule has 1 aliphatic heterocycles. The van der Waals surface area contributed by atoms with Crippen LogP contribution in [0.1, 0.15) is 58.2 Å². The van der Waals surface area contributed by atoms with Crippen molar-refractivity contribution in [3.8, 4) is 73.4 Å². The molecule has 8 bridgehead atoms. The molecule has 0 saturated carbocycles. The Morgan fingerprint density at radius 1 is 0.607 bits per heavy atom. The summed E-state index contributed by atoms with van der Waals surface area (Å²) in [5.74, 6) is 0. The predicted octanol–water partition coefficient (Wildman–Crippen LogP) is 12.9. The van der Waals surface area contributed by atoms with Crippen LogP contribution < -0.4 is 4.98 Å². The van der Waals surface area contributed by atoms with Gasteiger partial charge in [0.1, 0.15) is 0 Å². The average Bonchev–Trinajstić information content (AvgIpc) is 3.57. The molecule has 0 atom stereocenters. The second-order valence-electron chi connectivity index (χ2n) is 16.4. The second kappa shape index (κ2) is 13.6. The van der Waals surface area contributed by atoms with Gasteiger partial charge in [-0.2, -0.15) is 5.26 Å². The minimum Gasteiger partial charge on any atom is -0.656 e. The minimum atomic E-state index is -0.184. The van der Waals surface area contributed by atoms with Gasteiger partial charge in [-0.25, -0.2) is 4.85 Å². The third-order valence-electron chi connectivity index (χ3n) is 10.7. The van der Waals surface area contributed by atoms with Crippen molar-refractivity contribution in [3.63, 3.8) is 0 Å². The summed E-state index contributed by atoms with van der Waals surface area (Å²) in [5.41, 5.74) is 13.5. The van der Waals surface area contributed by atoms with Crippen LogP contribution in [0.3, 0.4) is 0 Å². The van der Waals surface area contributed by atoms with E-state index in [2.05, 4.69) is 82.8 Å². The topological polar surface area (TPSA) is 68.0 Å². The Kier molecular flexibility index (Phi) is 8.92. The number of rotatable bonds is 2. The van der Waals surface area contributed by atoms with E-state index in [1.54, 1.807) is 0 Å². The number of benzene rings is 5. The summed E-state index contributed by atoms with van der Waals surface area (Å²) < 4.78 is 0. The molecule has 0 fully saturated rings. The Bertz CT molecular complexity index is 2750. The van der Waals surface area contributed by atoms with Gasteiger partial charge < -0.3 is 4.98 Å². The van der Waals surface area contributed by atoms with E-state index in [1.807, 2.05) is 91.0 Å². The molecule has 1 aliphatic rings. The van der Waals surface area contributed by atoms with Crippen molar-refractivity contribution in [3.05, 3.63) is 149 Å². The molecular weight excluding hydrogens is 866 g/mol. The van der Waals surface area contributed by atoms with Crippen molar-refractivity contribution in [2.45, 2.75) is 52.4 Å². The Morgan fingerprint density at radius 3 is 1.59 bits per heavy atom. The smallest absolute Gasteiger partial charge is 0.656 e. The first-order chi connectivity index (χ1) is 26.4. The van der Waals surface area contributed by atoms with Crippen LogP contribution in [0, 0.1) is 24.0 Å². The minimum absolute atomic E-state index is 0. The van der Waals surface area contributed by atoms with Crippen LogP contribution in [0.2, 0.25) is 0 Å². The van der Waals surface area contributed by atoms with Crippen molar-refractivity contribution in [2.24, 2.45) is 0 Å². The zero-order valence-corrected chi connectivity index (χ0v) is 34.3. The van der Waals surface area contributed by atoms with Crippen molar-refractivity contribution < 1.29 is 21.1 Å². The van der Waals surface area contributed by atoms with Gasteiger partial charge in [0.05, 0.1) is 29.6 Å². The third-order valence-corrected chi connectivity index (χ3v) is 10.7. The predicted molar refractivity (Wildman–Crippen MR) is 224 cm³/mol. The third kappa shape index (κ3) is 6.05. The molecule has 3 aromatic heterocycles. The van der Waals surface area contributed by atoms with Gasteiger partial charge in [0.25, 0.3) is 0 Å². The molecule has 5 nitrogen and oxygen atoms in total. The fraction of sp³-hybridized carbons (Fsp3) is 0.160. The summed E-state index contributed by atoms with van der Waals surface area (Å²) in [4.78, 5) is 20.4. The van der Waals surface area contributed by atoms with Gasteiger partial charge in [0, 0.05) is 11.4 Å². The Balaban J connectivity index is 0.00000441. The first kappa shape index (κ1) is 36.8. The number of pyridine rings is 2. The van der Waals surface area contributed by atoms with Crippen molar-refractivity contribution in [1.82, 2.24) is 15.0 Å². The fourth-order valence-corrected chi connectivity index (χ4v) is 7.69.